The number of carbonyl (C=O) groups is 1. The Morgan fingerprint density at radius 2 is 1.74 bits per heavy atom. The van der Waals surface area contributed by atoms with Gasteiger partial charge in [0.05, 0.1) is 19.3 Å². The van der Waals surface area contributed by atoms with Gasteiger partial charge in [0.2, 0.25) is 11.9 Å². The van der Waals surface area contributed by atoms with Gasteiger partial charge in [-0.05, 0) is 67.4 Å². The van der Waals surface area contributed by atoms with Crippen molar-refractivity contribution in [3.8, 4) is 6.07 Å². The molecule has 1 aliphatic carbocycles. The van der Waals surface area contributed by atoms with E-state index in [1.165, 1.54) is 17.4 Å². The van der Waals surface area contributed by atoms with Gasteiger partial charge in [0.25, 0.3) is 0 Å². The van der Waals surface area contributed by atoms with Gasteiger partial charge in [-0.15, -0.1) is 0 Å². The van der Waals surface area contributed by atoms with E-state index >= 15 is 0 Å². The maximum absolute atomic E-state index is 12.2. The second kappa shape index (κ2) is 9.71. The largest absolute Gasteiger partial charge is 0.378 e. The van der Waals surface area contributed by atoms with E-state index in [2.05, 4.69) is 43.7 Å². The highest BCUT2D eigenvalue weighted by Crippen LogP contribution is 2.45. The van der Waals surface area contributed by atoms with Gasteiger partial charge in [-0.3, -0.25) is 4.79 Å². The Labute approximate surface area is 202 Å². The molecule has 172 valence electrons. The van der Waals surface area contributed by atoms with E-state index in [1.54, 1.807) is 6.20 Å². The molecule has 8 nitrogen and oxygen atoms in total. The quantitative estimate of drug-likeness (QED) is 0.486. The fourth-order valence-corrected chi connectivity index (χ4v) is 4.43. The van der Waals surface area contributed by atoms with Crippen LogP contribution in [0.5, 0.6) is 0 Å². The molecule has 1 saturated carbocycles. The number of carbonyl (C=O) groups excluding carboxylic acids is 1. The summed E-state index contributed by atoms with van der Waals surface area (Å²) in [6.45, 7) is 3.33. The van der Waals surface area contributed by atoms with Crippen molar-refractivity contribution in [1.29, 1.82) is 5.26 Å². The van der Waals surface area contributed by atoms with Crippen molar-refractivity contribution in [1.82, 2.24) is 9.97 Å². The van der Waals surface area contributed by atoms with Crippen molar-refractivity contribution in [2.75, 3.05) is 41.8 Å². The molecule has 9 heteroatoms. The van der Waals surface area contributed by atoms with Crippen LogP contribution in [0.4, 0.5) is 23.0 Å². The van der Waals surface area contributed by atoms with E-state index < -0.39 is 5.41 Å². The molecule has 0 atom stereocenters. The fraction of sp³-hybridized carbons (Fsp3) is 0.280. The first-order valence-corrected chi connectivity index (χ1v) is 12.0. The van der Waals surface area contributed by atoms with Crippen molar-refractivity contribution < 1.29 is 9.53 Å². The van der Waals surface area contributed by atoms with E-state index in [0.29, 0.717) is 24.5 Å². The van der Waals surface area contributed by atoms with Crippen LogP contribution in [0.3, 0.4) is 0 Å². The highest BCUT2D eigenvalue weighted by Gasteiger charge is 2.50. The molecule has 1 aromatic heterocycles. The Bertz CT molecular complexity index is 1200. The highest BCUT2D eigenvalue weighted by atomic mass is 32.2. The first-order chi connectivity index (χ1) is 16.6. The maximum Gasteiger partial charge on any atom is 0.244 e. The second-order valence-corrected chi connectivity index (χ2v) is 9.36. The van der Waals surface area contributed by atoms with Crippen LogP contribution in [0, 0.1) is 16.7 Å². The summed E-state index contributed by atoms with van der Waals surface area (Å²) in [4.78, 5) is 24.5. The van der Waals surface area contributed by atoms with Gasteiger partial charge >= 0.3 is 0 Å². The summed E-state index contributed by atoms with van der Waals surface area (Å²) in [6.07, 6.45) is 2.99. The van der Waals surface area contributed by atoms with Crippen molar-refractivity contribution in [3.05, 3.63) is 60.8 Å². The molecule has 0 radical (unpaired) electrons. The molecule has 2 aliphatic rings. The minimum absolute atomic E-state index is 0.222. The SMILES string of the molecule is N#CC1(C(=O)Nc2ccc(Sc3ccnc(Nc4ccc(N5CCOCC5)cc4)n3)cc2)CC1. The van der Waals surface area contributed by atoms with Gasteiger partial charge in [0, 0.05) is 41.2 Å². The zero-order valence-electron chi connectivity index (χ0n) is 18.5. The number of hydrogen-bond donors (Lipinski definition) is 2. The monoisotopic (exact) mass is 472 g/mol. The van der Waals surface area contributed by atoms with Crippen LogP contribution in [-0.2, 0) is 9.53 Å². The maximum atomic E-state index is 12.2. The Morgan fingerprint density at radius 3 is 2.41 bits per heavy atom. The normalized spacial score (nSPS) is 16.4. The Kier molecular flexibility index (Phi) is 6.34. The van der Waals surface area contributed by atoms with Gasteiger partial charge < -0.3 is 20.3 Å². The minimum atomic E-state index is -0.833. The molecule has 1 amide bonds. The van der Waals surface area contributed by atoms with Crippen LogP contribution in [0.2, 0.25) is 0 Å². The predicted molar refractivity (Wildman–Crippen MR) is 131 cm³/mol. The molecule has 0 bridgehead atoms. The van der Waals surface area contributed by atoms with Crippen molar-refractivity contribution in [3.63, 3.8) is 0 Å². The summed E-state index contributed by atoms with van der Waals surface area (Å²) < 4.78 is 5.42. The third-order valence-electron chi connectivity index (χ3n) is 5.86. The molecule has 2 heterocycles. The van der Waals surface area contributed by atoms with Gasteiger partial charge in [0.15, 0.2) is 0 Å². The smallest absolute Gasteiger partial charge is 0.244 e. The van der Waals surface area contributed by atoms with Crippen molar-refractivity contribution in [2.45, 2.75) is 22.8 Å². The van der Waals surface area contributed by atoms with E-state index in [1.807, 2.05) is 42.5 Å². The molecule has 5 rings (SSSR count). The number of nitrogens with one attached hydrogen (secondary N) is 2. The van der Waals surface area contributed by atoms with Crippen LogP contribution in [0.1, 0.15) is 12.8 Å². The molecule has 2 aromatic carbocycles. The predicted octanol–water partition coefficient (Wildman–Crippen LogP) is 4.45. The molecule has 0 unspecified atom stereocenters. The lowest BCUT2D eigenvalue weighted by Crippen LogP contribution is -2.36. The zero-order chi connectivity index (χ0) is 23.4. The van der Waals surface area contributed by atoms with Crippen molar-refractivity contribution in [2.24, 2.45) is 5.41 Å². The third-order valence-corrected chi connectivity index (χ3v) is 6.81. The topological polar surface area (TPSA) is 103 Å². The van der Waals surface area contributed by atoms with Crippen LogP contribution >= 0.6 is 11.8 Å². The number of benzene rings is 2. The molecule has 34 heavy (non-hydrogen) atoms. The minimum Gasteiger partial charge on any atom is -0.378 e. The molecular formula is C25H24N6O2S. The standard InChI is InChI=1S/C25H24N6O2S/c26-17-25(10-11-25)23(32)28-18-3-7-21(8-4-18)34-22-9-12-27-24(30-22)29-19-1-5-20(6-2-19)31-13-15-33-16-14-31/h1-9,12H,10-11,13-16H2,(H,28,32)(H,27,29,30). The number of nitriles is 1. The lowest BCUT2D eigenvalue weighted by molar-refractivity contribution is -0.119. The van der Waals surface area contributed by atoms with E-state index in [4.69, 9.17) is 10.00 Å². The molecule has 3 aromatic rings. The zero-order valence-corrected chi connectivity index (χ0v) is 19.3. The van der Waals surface area contributed by atoms with E-state index in [-0.39, 0.29) is 5.91 Å². The lowest BCUT2D eigenvalue weighted by atomic mass is 10.1. The summed E-state index contributed by atoms with van der Waals surface area (Å²) in [5, 5.41) is 16.1. The number of nitrogens with zero attached hydrogens (tertiary/aromatic N) is 4. The lowest BCUT2D eigenvalue weighted by Gasteiger charge is -2.28. The Hall–Kier alpha value is -3.61. The number of amides is 1. The molecule has 0 spiro atoms. The number of aromatic nitrogens is 2. The van der Waals surface area contributed by atoms with Gasteiger partial charge in [-0.25, -0.2) is 9.97 Å². The van der Waals surface area contributed by atoms with E-state index in [0.717, 1.165) is 41.9 Å². The molecule has 1 aliphatic heterocycles. The average Bonchev–Trinajstić information content (AvgIpc) is 3.68. The van der Waals surface area contributed by atoms with E-state index in [9.17, 15) is 4.79 Å². The third kappa shape index (κ3) is 5.14. The van der Waals surface area contributed by atoms with Crippen LogP contribution in [0.25, 0.3) is 0 Å². The summed E-state index contributed by atoms with van der Waals surface area (Å²) in [5.41, 5.74) is 1.95. The van der Waals surface area contributed by atoms with Gasteiger partial charge in [-0.2, -0.15) is 5.26 Å². The number of anilines is 4. The van der Waals surface area contributed by atoms with Crippen molar-refractivity contribution >= 4 is 40.7 Å². The molecule has 2 N–H and O–H groups in total. The number of ether oxygens (including phenoxy) is 1. The first-order valence-electron chi connectivity index (χ1n) is 11.2. The molecule has 2 fully saturated rings. The summed E-state index contributed by atoms with van der Waals surface area (Å²) in [5.74, 6) is 0.305. The summed E-state index contributed by atoms with van der Waals surface area (Å²) in [7, 11) is 0. The summed E-state index contributed by atoms with van der Waals surface area (Å²) in [6, 6.07) is 19.7. The fourth-order valence-electron chi connectivity index (χ4n) is 3.66. The Morgan fingerprint density at radius 1 is 1.03 bits per heavy atom. The highest BCUT2D eigenvalue weighted by molar-refractivity contribution is 7.99. The average molecular weight is 473 g/mol. The molecular weight excluding hydrogens is 448 g/mol. The Balaban J connectivity index is 1.19. The number of hydrogen-bond acceptors (Lipinski definition) is 8. The van der Waals surface area contributed by atoms with Gasteiger partial charge in [-0.1, -0.05) is 11.8 Å². The second-order valence-electron chi connectivity index (χ2n) is 8.26. The molecule has 1 saturated heterocycles. The van der Waals surface area contributed by atoms with Crippen LogP contribution < -0.4 is 15.5 Å². The number of morpholine rings is 1. The van der Waals surface area contributed by atoms with Gasteiger partial charge in [0.1, 0.15) is 10.4 Å². The van der Waals surface area contributed by atoms with Crippen LogP contribution in [0.15, 0.2) is 70.7 Å². The number of rotatable bonds is 7. The first kappa shape index (κ1) is 22.2. The van der Waals surface area contributed by atoms with Crippen LogP contribution in [-0.4, -0.2) is 42.2 Å². The summed E-state index contributed by atoms with van der Waals surface area (Å²) >= 11 is 1.51.